The Bertz CT molecular complexity index is 269. The highest BCUT2D eigenvalue weighted by Gasteiger charge is 2.30. The molecule has 0 aliphatic heterocycles. The molecule has 1 aliphatic carbocycles. The van der Waals surface area contributed by atoms with Gasteiger partial charge in [0.2, 0.25) is 0 Å². The van der Waals surface area contributed by atoms with Crippen LogP contribution in [0.4, 0.5) is 0 Å². The molecule has 12 heavy (non-hydrogen) atoms. The van der Waals surface area contributed by atoms with Crippen molar-refractivity contribution in [1.82, 2.24) is 15.0 Å². The Kier molecular flexibility index (Phi) is 1.94. The van der Waals surface area contributed by atoms with Gasteiger partial charge in [0, 0.05) is 12.0 Å². The van der Waals surface area contributed by atoms with Crippen molar-refractivity contribution in [2.24, 2.45) is 0 Å². The van der Waals surface area contributed by atoms with E-state index in [-0.39, 0.29) is 0 Å². The van der Waals surface area contributed by atoms with Crippen molar-refractivity contribution in [2.45, 2.75) is 38.6 Å². The van der Waals surface area contributed by atoms with Gasteiger partial charge in [0.1, 0.15) is 10.3 Å². The lowest BCUT2D eigenvalue weighted by Gasteiger charge is -2.04. The maximum Gasteiger partial charge on any atom is 0.128 e. The fraction of sp³-hybridized carbons (Fsp3) is 0.750. The lowest BCUT2D eigenvalue weighted by Crippen LogP contribution is -2.02. The summed E-state index contributed by atoms with van der Waals surface area (Å²) in [6.07, 6.45) is 2.55. The molecule has 1 heterocycles. The maximum absolute atomic E-state index is 4.17. The average molecular weight is 230 g/mol. The summed E-state index contributed by atoms with van der Waals surface area (Å²) in [6.45, 7) is 4.21. The molecular weight excluding hydrogens is 218 g/mol. The highest BCUT2D eigenvalue weighted by atomic mass is 79.9. The standard InChI is InChI=1S/C8H12BrN3/c1-5(2)12-8(9)7(10-11-12)6-3-4-6/h5-6H,3-4H2,1-2H3. The van der Waals surface area contributed by atoms with Crippen LogP contribution >= 0.6 is 15.9 Å². The molecule has 1 aliphatic rings. The summed E-state index contributed by atoms with van der Waals surface area (Å²) in [5.41, 5.74) is 1.14. The zero-order valence-electron chi connectivity index (χ0n) is 7.29. The van der Waals surface area contributed by atoms with Gasteiger partial charge in [0.05, 0.1) is 0 Å². The molecule has 3 nitrogen and oxygen atoms in total. The normalized spacial score (nSPS) is 17.3. The van der Waals surface area contributed by atoms with Crippen LogP contribution in [0.2, 0.25) is 0 Å². The van der Waals surface area contributed by atoms with Gasteiger partial charge in [0.25, 0.3) is 0 Å². The lowest BCUT2D eigenvalue weighted by atomic mass is 10.3. The third kappa shape index (κ3) is 1.28. The Labute approximate surface area is 80.3 Å². The van der Waals surface area contributed by atoms with E-state index in [0.717, 1.165) is 10.3 Å². The van der Waals surface area contributed by atoms with E-state index in [1.165, 1.54) is 12.8 Å². The molecule has 0 amide bonds. The Morgan fingerprint density at radius 1 is 1.50 bits per heavy atom. The first-order chi connectivity index (χ1) is 5.70. The second-order valence-electron chi connectivity index (χ2n) is 3.58. The molecule has 0 N–H and O–H groups in total. The van der Waals surface area contributed by atoms with Crippen molar-refractivity contribution >= 4 is 15.9 Å². The van der Waals surface area contributed by atoms with Gasteiger partial charge in [0.15, 0.2) is 0 Å². The molecule has 1 fully saturated rings. The minimum Gasteiger partial charge on any atom is -0.235 e. The highest BCUT2D eigenvalue weighted by Crippen LogP contribution is 2.42. The minimum atomic E-state index is 0.388. The first-order valence-electron chi connectivity index (χ1n) is 4.30. The summed E-state index contributed by atoms with van der Waals surface area (Å²) >= 11 is 3.53. The van der Waals surface area contributed by atoms with Crippen LogP contribution in [-0.2, 0) is 0 Å². The van der Waals surface area contributed by atoms with Gasteiger partial charge in [-0.3, -0.25) is 0 Å². The number of halogens is 1. The van der Waals surface area contributed by atoms with Crippen molar-refractivity contribution < 1.29 is 0 Å². The first kappa shape index (κ1) is 8.23. The van der Waals surface area contributed by atoms with E-state index in [1.54, 1.807) is 0 Å². The van der Waals surface area contributed by atoms with Crippen LogP contribution in [0.5, 0.6) is 0 Å². The molecule has 4 heteroatoms. The van der Waals surface area contributed by atoms with E-state index in [0.29, 0.717) is 12.0 Å². The van der Waals surface area contributed by atoms with Crippen molar-refractivity contribution in [2.75, 3.05) is 0 Å². The topological polar surface area (TPSA) is 30.7 Å². The third-order valence-corrected chi connectivity index (χ3v) is 2.88. The van der Waals surface area contributed by atoms with Gasteiger partial charge >= 0.3 is 0 Å². The van der Waals surface area contributed by atoms with Gasteiger partial charge < -0.3 is 0 Å². The van der Waals surface area contributed by atoms with Crippen LogP contribution in [-0.4, -0.2) is 15.0 Å². The van der Waals surface area contributed by atoms with Gasteiger partial charge in [-0.15, -0.1) is 5.10 Å². The molecule has 0 aromatic carbocycles. The number of hydrogen-bond donors (Lipinski definition) is 0. The van der Waals surface area contributed by atoms with Crippen LogP contribution < -0.4 is 0 Å². The highest BCUT2D eigenvalue weighted by molar-refractivity contribution is 9.10. The minimum absolute atomic E-state index is 0.388. The van der Waals surface area contributed by atoms with Gasteiger partial charge in [-0.25, -0.2) is 4.68 Å². The molecule has 1 aromatic rings. The number of rotatable bonds is 2. The van der Waals surface area contributed by atoms with Gasteiger partial charge in [-0.1, -0.05) is 5.21 Å². The largest absolute Gasteiger partial charge is 0.235 e. The van der Waals surface area contributed by atoms with E-state index < -0.39 is 0 Å². The molecular formula is C8H12BrN3. The van der Waals surface area contributed by atoms with Crippen LogP contribution in [0, 0.1) is 0 Å². The quantitative estimate of drug-likeness (QED) is 0.781. The maximum atomic E-state index is 4.17. The Morgan fingerprint density at radius 2 is 2.17 bits per heavy atom. The van der Waals surface area contributed by atoms with E-state index in [2.05, 4.69) is 40.1 Å². The molecule has 1 aromatic heterocycles. The first-order valence-corrected chi connectivity index (χ1v) is 5.10. The molecule has 0 radical (unpaired) electrons. The van der Waals surface area contributed by atoms with Crippen LogP contribution in [0.3, 0.4) is 0 Å². The van der Waals surface area contributed by atoms with Crippen LogP contribution in [0.15, 0.2) is 4.60 Å². The zero-order chi connectivity index (χ0) is 8.72. The Hall–Kier alpha value is -0.380. The summed E-state index contributed by atoms with van der Waals surface area (Å²) in [7, 11) is 0. The average Bonchev–Trinajstić information content (AvgIpc) is 2.75. The van der Waals surface area contributed by atoms with Gasteiger partial charge in [-0.2, -0.15) is 0 Å². The van der Waals surface area contributed by atoms with E-state index in [9.17, 15) is 0 Å². The molecule has 66 valence electrons. The molecule has 0 bridgehead atoms. The monoisotopic (exact) mass is 229 g/mol. The fourth-order valence-electron chi connectivity index (χ4n) is 1.23. The van der Waals surface area contributed by atoms with Crippen molar-refractivity contribution in [3.8, 4) is 0 Å². The zero-order valence-corrected chi connectivity index (χ0v) is 8.87. The molecule has 0 unspecified atom stereocenters. The SMILES string of the molecule is CC(C)n1nnc(C2CC2)c1Br. The number of nitrogens with zero attached hydrogens (tertiary/aromatic N) is 3. The fourth-order valence-corrected chi connectivity index (χ4v) is 2.11. The summed E-state index contributed by atoms with van der Waals surface area (Å²) in [5, 5.41) is 8.26. The molecule has 2 rings (SSSR count). The molecule has 1 saturated carbocycles. The molecule has 0 saturated heterocycles. The van der Waals surface area contributed by atoms with Crippen molar-refractivity contribution in [1.29, 1.82) is 0 Å². The summed E-state index contributed by atoms with van der Waals surface area (Å²) in [5.74, 6) is 0.673. The number of aromatic nitrogens is 3. The smallest absolute Gasteiger partial charge is 0.128 e. The second-order valence-corrected chi connectivity index (χ2v) is 4.33. The Balaban J connectivity index is 2.33. The van der Waals surface area contributed by atoms with Crippen LogP contribution in [0.1, 0.15) is 44.3 Å². The lowest BCUT2D eigenvalue weighted by molar-refractivity contribution is 0.505. The molecule has 0 spiro atoms. The van der Waals surface area contributed by atoms with Gasteiger partial charge in [-0.05, 0) is 42.6 Å². The Morgan fingerprint density at radius 3 is 2.58 bits per heavy atom. The predicted octanol–water partition coefficient (Wildman–Crippen LogP) is 2.50. The van der Waals surface area contributed by atoms with E-state index in [1.807, 2.05) is 4.68 Å². The summed E-state index contributed by atoms with van der Waals surface area (Å²) < 4.78 is 2.99. The second kappa shape index (κ2) is 2.83. The van der Waals surface area contributed by atoms with Crippen molar-refractivity contribution in [3.05, 3.63) is 10.3 Å². The molecule has 0 atom stereocenters. The third-order valence-electron chi connectivity index (χ3n) is 2.11. The van der Waals surface area contributed by atoms with E-state index in [4.69, 9.17) is 0 Å². The van der Waals surface area contributed by atoms with E-state index >= 15 is 0 Å². The van der Waals surface area contributed by atoms with Crippen LogP contribution in [0.25, 0.3) is 0 Å². The number of hydrogen-bond acceptors (Lipinski definition) is 2. The predicted molar refractivity (Wildman–Crippen MR) is 50.1 cm³/mol. The summed E-state index contributed by atoms with van der Waals surface area (Å²) in [4.78, 5) is 0. The van der Waals surface area contributed by atoms with Crippen molar-refractivity contribution in [3.63, 3.8) is 0 Å². The summed E-state index contributed by atoms with van der Waals surface area (Å²) in [6, 6.07) is 0.388.